The zero-order valence-electron chi connectivity index (χ0n) is 6.52. The molecule has 5 N–H and O–H groups in total. The van der Waals surface area contributed by atoms with Crippen LogP contribution in [0.4, 0.5) is 0 Å². The number of hydrazine groups is 1. The molecule has 0 spiro atoms. The van der Waals surface area contributed by atoms with Crippen LogP contribution in [0.1, 0.15) is 6.92 Å². The molecule has 0 radical (unpaired) electrons. The summed E-state index contributed by atoms with van der Waals surface area (Å²) < 4.78 is 0. The first-order valence-corrected chi connectivity index (χ1v) is 4.47. The quantitative estimate of drug-likeness (QED) is 0.152. The van der Waals surface area contributed by atoms with Gasteiger partial charge in [0.05, 0.1) is 6.61 Å². The lowest BCUT2D eigenvalue weighted by atomic mass is 10.9. The monoisotopic (exact) mass is 178 g/mol. The van der Waals surface area contributed by atoms with Gasteiger partial charge in [-0.05, 0) is 5.75 Å². The third-order valence-electron chi connectivity index (χ3n) is 0.852. The van der Waals surface area contributed by atoms with Gasteiger partial charge in [-0.1, -0.05) is 6.92 Å². The van der Waals surface area contributed by atoms with E-state index >= 15 is 0 Å². The molecule has 0 aliphatic heterocycles. The largest absolute Gasteiger partial charge is 0.293 e. The fourth-order valence-corrected chi connectivity index (χ4v) is 0.887. The molecule has 0 aliphatic carbocycles. The molecule has 0 rings (SSSR count). The average Bonchev–Trinajstić information content (AvgIpc) is 2.04. The fourth-order valence-electron chi connectivity index (χ4n) is 0.398. The van der Waals surface area contributed by atoms with Gasteiger partial charge in [-0.3, -0.25) is 15.7 Å². The van der Waals surface area contributed by atoms with Crippen LogP contribution in [0.3, 0.4) is 0 Å². The first kappa shape index (κ1) is 10.5. The van der Waals surface area contributed by atoms with Crippen LogP contribution in [0.5, 0.6) is 0 Å². The lowest BCUT2D eigenvalue weighted by Crippen LogP contribution is -2.40. The Bertz CT molecular complexity index is 111. The molecule has 6 heteroatoms. The summed E-state index contributed by atoms with van der Waals surface area (Å²) in [5.74, 6) is 6.85. The maximum absolute atomic E-state index is 6.94. The van der Waals surface area contributed by atoms with Crippen molar-refractivity contribution >= 4 is 17.7 Å². The van der Waals surface area contributed by atoms with Crippen molar-refractivity contribution in [2.24, 2.45) is 5.84 Å². The minimum absolute atomic E-state index is 0.0356. The van der Waals surface area contributed by atoms with Crippen molar-refractivity contribution in [2.45, 2.75) is 6.92 Å². The highest BCUT2D eigenvalue weighted by atomic mass is 32.2. The van der Waals surface area contributed by atoms with E-state index in [1.165, 1.54) is 0 Å². The van der Waals surface area contributed by atoms with Crippen molar-refractivity contribution in [1.82, 2.24) is 10.9 Å². The van der Waals surface area contributed by atoms with Gasteiger partial charge in [0.25, 0.3) is 0 Å². The second-order valence-corrected chi connectivity index (χ2v) is 3.06. The van der Waals surface area contributed by atoms with E-state index in [9.17, 15) is 0 Å². The van der Waals surface area contributed by atoms with Gasteiger partial charge >= 0.3 is 0 Å². The number of hydroxylamine groups is 1. The highest BCUT2D eigenvalue weighted by Gasteiger charge is 1.90. The molecule has 0 fully saturated rings. The highest BCUT2D eigenvalue weighted by Crippen LogP contribution is 1.95. The van der Waals surface area contributed by atoms with Crippen molar-refractivity contribution in [3.05, 3.63) is 0 Å². The highest BCUT2D eigenvalue weighted by molar-refractivity contribution is 7.99. The van der Waals surface area contributed by atoms with E-state index in [-0.39, 0.29) is 5.96 Å². The van der Waals surface area contributed by atoms with Crippen LogP contribution in [-0.4, -0.2) is 24.1 Å². The maximum atomic E-state index is 6.94. The summed E-state index contributed by atoms with van der Waals surface area (Å²) in [6.45, 7) is 2.66. The minimum atomic E-state index is -0.0356. The van der Waals surface area contributed by atoms with Gasteiger partial charge in [0.2, 0.25) is 5.96 Å². The Kier molecular flexibility index (Phi) is 7.33. The molecule has 0 heterocycles. The molecule has 0 aromatic rings. The van der Waals surface area contributed by atoms with Gasteiger partial charge in [-0.2, -0.15) is 11.8 Å². The first-order chi connectivity index (χ1) is 5.31. The number of hydrogen-bond donors (Lipinski definition) is 4. The van der Waals surface area contributed by atoms with Crippen LogP contribution in [0.2, 0.25) is 0 Å². The molecule has 0 aromatic heterocycles. The predicted molar refractivity (Wildman–Crippen MR) is 47.1 cm³/mol. The van der Waals surface area contributed by atoms with Gasteiger partial charge in [-0.25, -0.2) is 11.3 Å². The van der Waals surface area contributed by atoms with Crippen LogP contribution in [-0.2, 0) is 4.84 Å². The molecule has 5 nitrogen and oxygen atoms in total. The molecule has 0 unspecified atom stereocenters. The van der Waals surface area contributed by atoms with E-state index < -0.39 is 0 Å². The van der Waals surface area contributed by atoms with Gasteiger partial charge in [0.1, 0.15) is 0 Å². The minimum Gasteiger partial charge on any atom is -0.293 e. The molecular weight excluding hydrogens is 164 g/mol. The average molecular weight is 178 g/mol. The van der Waals surface area contributed by atoms with Crippen LogP contribution >= 0.6 is 11.8 Å². The van der Waals surface area contributed by atoms with Gasteiger partial charge in [0, 0.05) is 5.75 Å². The van der Waals surface area contributed by atoms with Gasteiger partial charge in [0.15, 0.2) is 0 Å². The molecule has 11 heavy (non-hydrogen) atoms. The number of nitrogens with two attached hydrogens (primary N) is 1. The Morgan fingerprint density at radius 1 is 1.73 bits per heavy atom. The number of guanidine groups is 1. The standard InChI is InChI=1S/C5H14N4OS/c1-2-11-4-3-10-9-5(6)8-7/h2-4,7H2,1H3,(H3,6,8,9). The SMILES string of the molecule is CCSCCONC(=N)NN. The van der Waals surface area contributed by atoms with Gasteiger partial charge in [-0.15, -0.1) is 0 Å². The van der Waals surface area contributed by atoms with Crippen molar-refractivity contribution in [3.8, 4) is 0 Å². The summed E-state index contributed by atoms with van der Waals surface area (Å²) in [6.07, 6.45) is 0. The molecule has 0 aromatic carbocycles. The van der Waals surface area contributed by atoms with Crippen LogP contribution < -0.4 is 16.7 Å². The molecule has 0 bridgehead atoms. The summed E-state index contributed by atoms with van der Waals surface area (Å²) in [6, 6.07) is 0. The maximum Gasteiger partial charge on any atom is 0.227 e. The first-order valence-electron chi connectivity index (χ1n) is 3.32. The molecule has 0 saturated carbocycles. The Hall–Kier alpha value is -0.460. The summed E-state index contributed by atoms with van der Waals surface area (Å²) in [7, 11) is 0. The van der Waals surface area contributed by atoms with Crippen LogP contribution in [0.15, 0.2) is 0 Å². The molecule has 0 atom stereocenters. The van der Waals surface area contributed by atoms with Crippen molar-refractivity contribution in [3.63, 3.8) is 0 Å². The van der Waals surface area contributed by atoms with Crippen molar-refractivity contribution in [1.29, 1.82) is 5.41 Å². The summed E-state index contributed by atoms with van der Waals surface area (Å²) in [4.78, 5) is 4.85. The third-order valence-corrected chi connectivity index (χ3v) is 1.72. The smallest absolute Gasteiger partial charge is 0.227 e. The molecule has 0 aliphatic rings. The third kappa shape index (κ3) is 7.44. The molecule has 0 amide bonds. The van der Waals surface area contributed by atoms with E-state index in [0.717, 1.165) is 11.5 Å². The summed E-state index contributed by atoms with van der Waals surface area (Å²) in [5.41, 5.74) is 4.42. The van der Waals surface area contributed by atoms with E-state index in [0.29, 0.717) is 6.61 Å². The second kappa shape index (κ2) is 7.64. The van der Waals surface area contributed by atoms with Gasteiger partial charge < -0.3 is 0 Å². The Morgan fingerprint density at radius 3 is 3.00 bits per heavy atom. The normalized spacial score (nSPS) is 9.27. The fraction of sp³-hybridized carbons (Fsp3) is 0.800. The Morgan fingerprint density at radius 2 is 2.45 bits per heavy atom. The lowest BCUT2D eigenvalue weighted by molar-refractivity contribution is 0.0958. The summed E-state index contributed by atoms with van der Waals surface area (Å²) >= 11 is 1.78. The zero-order chi connectivity index (χ0) is 8.53. The lowest BCUT2D eigenvalue weighted by Gasteiger charge is -2.05. The summed E-state index contributed by atoms with van der Waals surface area (Å²) in [5, 5.41) is 6.94. The number of hydrogen-bond acceptors (Lipinski definition) is 4. The number of nitrogens with one attached hydrogen (secondary N) is 3. The van der Waals surface area contributed by atoms with E-state index in [4.69, 9.17) is 16.1 Å². The van der Waals surface area contributed by atoms with Crippen LogP contribution in [0, 0.1) is 5.41 Å². The van der Waals surface area contributed by atoms with Crippen molar-refractivity contribution < 1.29 is 4.84 Å². The van der Waals surface area contributed by atoms with E-state index in [1.54, 1.807) is 11.8 Å². The Balaban J connectivity index is 2.95. The zero-order valence-corrected chi connectivity index (χ0v) is 7.33. The predicted octanol–water partition coefficient (Wildman–Crippen LogP) is -0.341. The number of thioether (sulfide) groups is 1. The van der Waals surface area contributed by atoms with Crippen LogP contribution in [0.25, 0.3) is 0 Å². The van der Waals surface area contributed by atoms with E-state index in [2.05, 4.69) is 17.8 Å². The van der Waals surface area contributed by atoms with E-state index in [1.807, 2.05) is 0 Å². The molecular formula is C5H14N4OS. The second-order valence-electron chi connectivity index (χ2n) is 1.67. The van der Waals surface area contributed by atoms with Crippen molar-refractivity contribution in [2.75, 3.05) is 18.1 Å². The molecule has 66 valence electrons. The topological polar surface area (TPSA) is 83.2 Å². The number of rotatable bonds is 5. The Labute approximate surface area is 70.5 Å². The molecule has 0 saturated heterocycles.